The molecule has 106 valence electrons. The van der Waals surface area contributed by atoms with E-state index in [1.165, 1.54) is 5.56 Å². The van der Waals surface area contributed by atoms with Gasteiger partial charge in [0, 0.05) is 30.7 Å². The van der Waals surface area contributed by atoms with Crippen molar-refractivity contribution in [2.24, 2.45) is 0 Å². The predicted molar refractivity (Wildman–Crippen MR) is 84.0 cm³/mol. The monoisotopic (exact) mass is 288 g/mol. The second-order valence-electron chi connectivity index (χ2n) is 4.86. The highest BCUT2D eigenvalue weighted by molar-refractivity contribution is 7.80. The third-order valence-corrected chi connectivity index (χ3v) is 3.40. The zero-order valence-electron chi connectivity index (χ0n) is 11.7. The van der Waals surface area contributed by atoms with Gasteiger partial charge in [0.1, 0.15) is 5.82 Å². The van der Waals surface area contributed by atoms with E-state index in [1.54, 1.807) is 0 Å². The molecule has 0 N–H and O–H groups in total. The van der Waals surface area contributed by atoms with Crippen molar-refractivity contribution in [3.8, 4) is 0 Å². The molecule has 2 aromatic rings. The average molecular weight is 288 g/mol. The smallest absolute Gasteiger partial charge is 0.129 e. The molecule has 0 saturated heterocycles. The molecule has 0 spiro atoms. The summed E-state index contributed by atoms with van der Waals surface area (Å²) in [6, 6.07) is 10.2. The van der Waals surface area contributed by atoms with Gasteiger partial charge in [0.25, 0.3) is 0 Å². The summed E-state index contributed by atoms with van der Waals surface area (Å²) in [5.74, 6) is 0.846. The summed E-state index contributed by atoms with van der Waals surface area (Å²) in [6.45, 7) is 3.34. The van der Waals surface area contributed by atoms with Crippen LogP contribution in [0.5, 0.6) is 0 Å². The Labute approximate surface area is 125 Å². The molecule has 4 heteroatoms. The summed E-state index contributed by atoms with van der Waals surface area (Å²) in [6.07, 6.45) is 5.36. The highest BCUT2D eigenvalue weighted by Gasteiger charge is 2.06. The Morgan fingerprint density at radius 3 is 2.55 bits per heavy atom. The number of ether oxygens (including phenoxy) is 1. The van der Waals surface area contributed by atoms with E-state index in [2.05, 4.69) is 34.7 Å². The van der Waals surface area contributed by atoms with Crippen LogP contribution in [0.4, 0.5) is 0 Å². The molecule has 2 rings (SSSR count). The van der Waals surface area contributed by atoms with Crippen LogP contribution in [0.3, 0.4) is 0 Å². The highest BCUT2D eigenvalue weighted by Crippen LogP contribution is 2.09. The van der Waals surface area contributed by atoms with Crippen LogP contribution >= 0.6 is 12.6 Å². The van der Waals surface area contributed by atoms with Crippen LogP contribution in [-0.2, 0) is 17.8 Å². The maximum Gasteiger partial charge on any atom is 0.129 e. The first-order valence-electron chi connectivity index (χ1n) is 6.81. The van der Waals surface area contributed by atoms with Gasteiger partial charge in [-0.25, -0.2) is 9.97 Å². The van der Waals surface area contributed by atoms with Gasteiger partial charge in [-0.05, 0) is 24.5 Å². The third kappa shape index (κ3) is 5.31. The van der Waals surface area contributed by atoms with Crippen molar-refractivity contribution in [1.82, 2.24) is 9.97 Å². The summed E-state index contributed by atoms with van der Waals surface area (Å²) in [5.41, 5.74) is 2.28. The maximum atomic E-state index is 5.66. The van der Waals surface area contributed by atoms with E-state index in [1.807, 2.05) is 37.5 Å². The molecule has 0 fully saturated rings. The minimum absolute atomic E-state index is 0.230. The van der Waals surface area contributed by atoms with Crippen molar-refractivity contribution in [2.45, 2.75) is 31.6 Å². The van der Waals surface area contributed by atoms with Crippen molar-refractivity contribution >= 4 is 12.6 Å². The third-order valence-electron chi connectivity index (χ3n) is 2.96. The molecule has 1 aromatic heterocycles. The molecule has 1 heterocycles. The molecule has 0 radical (unpaired) electrons. The van der Waals surface area contributed by atoms with Crippen molar-refractivity contribution in [2.75, 3.05) is 6.61 Å². The SMILES string of the molecule is Cc1cnc(C[C@H](S)CCOCc2ccccc2)nc1. The molecule has 1 atom stereocenters. The minimum Gasteiger partial charge on any atom is -0.377 e. The van der Waals surface area contributed by atoms with Gasteiger partial charge in [-0.1, -0.05) is 30.3 Å². The fraction of sp³-hybridized carbons (Fsp3) is 0.375. The zero-order valence-corrected chi connectivity index (χ0v) is 12.6. The lowest BCUT2D eigenvalue weighted by atomic mass is 10.2. The van der Waals surface area contributed by atoms with Crippen LogP contribution in [0.1, 0.15) is 23.4 Å². The Bertz CT molecular complexity index is 502. The van der Waals surface area contributed by atoms with Gasteiger partial charge < -0.3 is 4.74 Å². The quantitative estimate of drug-likeness (QED) is 0.627. The Hall–Kier alpha value is -1.39. The van der Waals surface area contributed by atoms with Crippen LogP contribution in [0, 0.1) is 6.92 Å². The molecule has 20 heavy (non-hydrogen) atoms. The average Bonchev–Trinajstić information content (AvgIpc) is 2.47. The van der Waals surface area contributed by atoms with E-state index in [0.717, 1.165) is 24.2 Å². The number of benzene rings is 1. The molecule has 0 bridgehead atoms. The predicted octanol–water partition coefficient (Wildman–Crippen LogP) is 3.23. The van der Waals surface area contributed by atoms with Gasteiger partial charge in [0.15, 0.2) is 0 Å². The van der Waals surface area contributed by atoms with Crippen molar-refractivity contribution in [3.05, 3.63) is 59.7 Å². The zero-order chi connectivity index (χ0) is 14.2. The number of hydrogen-bond donors (Lipinski definition) is 1. The van der Waals surface area contributed by atoms with Crippen LogP contribution in [0.25, 0.3) is 0 Å². The lowest BCUT2D eigenvalue weighted by Gasteiger charge is -2.10. The molecule has 0 aliphatic rings. The van der Waals surface area contributed by atoms with Gasteiger partial charge in [0.05, 0.1) is 6.61 Å². The van der Waals surface area contributed by atoms with Crippen LogP contribution < -0.4 is 0 Å². The van der Waals surface area contributed by atoms with Crippen LogP contribution in [0.15, 0.2) is 42.7 Å². The fourth-order valence-electron chi connectivity index (χ4n) is 1.82. The van der Waals surface area contributed by atoms with Gasteiger partial charge in [-0.2, -0.15) is 12.6 Å². The highest BCUT2D eigenvalue weighted by atomic mass is 32.1. The number of aromatic nitrogens is 2. The molecule has 0 amide bonds. The van der Waals surface area contributed by atoms with E-state index >= 15 is 0 Å². The number of aryl methyl sites for hydroxylation is 1. The molecule has 0 aliphatic heterocycles. The molecule has 0 saturated carbocycles. The van der Waals surface area contributed by atoms with E-state index in [4.69, 9.17) is 4.74 Å². The second kappa shape index (κ2) is 8.02. The largest absolute Gasteiger partial charge is 0.377 e. The van der Waals surface area contributed by atoms with E-state index in [-0.39, 0.29) is 5.25 Å². The summed E-state index contributed by atoms with van der Waals surface area (Å²) in [4.78, 5) is 8.59. The number of rotatable bonds is 7. The number of thiol groups is 1. The first kappa shape index (κ1) is 15.0. The van der Waals surface area contributed by atoms with E-state index in [0.29, 0.717) is 13.2 Å². The Balaban J connectivity index is 1.65. The summed E-state index contributed by atoms with van der Waals surface area (Å²) in [5, 5.41) is 0.230. The molecule has 1 aromatic carbocycles. The fourth-order valence-corrected chi connectivity index (χ4v) is 2.09. The lowest BCUT2D eigenvalue weighted by molar-refractivity contribution is 0.118. The number of hydrogen-bond acceptors (Lipinski definition) is 4. The second-order valence-corrected chi connectivity index (χ2v) is 5.59. The Kier molecular flexibility index (Phi) is 6.02. The first-order chi connectivity index (χ1) is 9.74. The standard InChI is InChI=1S/C16H20N2OS/c1-13-10-17-16(18-11-13)9-15(20)7-8-19-12-14-5-3-2-4-6-14/h2-6,10-11,15,20H,7-9,12H2,1H3/t15-/m1/s1. The maximum absolute atomic E-state index is 5.66. The Morgan fingerprint density at radius 2 is 1.85 bits per heavy atom. The van der Waals surface area contributed by atoms with Gasteiger partial charge in [-0.15, -0.1) is 0 Å². The van der Waals surface area contributed by atoms with Crippen molar-refractivity contribution < 1.29 is 4.74 Å². The van der Waals surface area contributed by atoms with E-state index < -0.39 is 0 Å². The summed E-state index contributed by atoms with van der Waals surface area (Å²) >= 11 is 4.57. The molecule has 0 unspecified atom stereocenters. The normalized spacial score (nSPS) is 12.3. The van der Waals surface area contributed by atoms with Crippen molar-refractivity contribution in [3.63, 3.8) is 0 Å². The lowest BCUT2D eigenvalue weighted by Crippen LogP contribution is -2.10. The van der Waals surface area contributed by atoms with Gasteiger partial charge >= 0.3 is 0 Å². The minimum atomic E-state index is 0.230. The first-order valence-corrected chi connectivity index (χ1v) is 7.33. The van der Waals surface area contributed by atoms with Gasteiger partial charge in [-0.3, -0.25) is 0 Å². The molecular formula is C16H20N2OS. The topological polar surface area (TPSA) is 35.0 Å². The molecule has 3 nitrogen and oxygen atoms in total. The Morgan fingerprint density at radius 1 is 1.15 bits per heavy atom. The van der Waals surface area contributed by atoms with Crippen LogP contribution in [0.2, 0.25) is 0 Å². The molecular weight excluding hydrogens is 268 g/mol. The summed E-state index contributed by atoms with van der Waals surface area (Å²) in [7, 11) is 0. The van der Waals surface area contributed by atoms with Crippen molar-refractivity contribution in [1.29, 1.82) is 0 Å². The molecule has 0 aliphatic carbocycles. The summed E-state index contributed by atoms with van der Waals surface area (Å²) < 4.78 is 5.66. The number of nitrogens with zero attached hydrogens (tertiary/aromatic N) is 2. The van der Waals surface area contributed by atoms with E-state index in [9.17, 15) is 0 Å². The van der Waals surface area contributed by atoms with Gasteiger partial charge in [0.2, 0.25) is 0 Å². The van der Waals surface area contributed by atoms with Crippen LogP contribution in [-0.4, -0.2) is 21.8 Å².